The molecule has 0 spiro atoms. The second-order valence-electron chi connectivity index (χ2n) is 12.4. The Morgan fingerprint density at radius 1 is 1.13 bits per heavy atom. The molecule has 31 heavy (non-hydrogen) atoms. The van der Waals surface area contributed by atoms with E-state index in [1.807, 2.05) is 6.92 Å². The van der Waals surface area contributed by atoms with Crippen LogP contribution in [0.5, 0.6) is 0 Å². The minimum absolute atomic E-state index is 0.232. The molecule has 0 radical (unpaired) electrons. The fourth-order valence-corrected chi connectivity index (χ4v) is 9.23. The predicted octanol–water partition coefficient (Wildman–Crippen LogP) is 5.66. The van der Waals surface area contributed by atoms with Crippen molar-refractivity contribution in [2.24, 2.45) is 52.8 Å². The van der Waals surface area contributed by atoms with E-state index >= 15 is 0 Å². The van der Waals surface area contributed by atoms with Gasteiger partial charge >= 0.3 is 0 Å². The van der Waals surface area contributed by atoms with Crippen LogP contribution in [-0.2, 0) is 6.54 Å². The number of aliphatic hydroxyl groups is 1. The van der Waals surface area contributed by atoms with Gasteiger partial charge < -0.3 is 5.11 Å². The Kier molecular flexibility index (Phi) is 5.28. The van der Waals surface area contributed by atoms with Gasteiger partial charge in [0.15, 0.2) is 0 Å². The number of nitriles is 1. The SMILES string of the molecule is C[C@@H]1CC2CC[C@@H]3C(CC[C@@]4(C)C3CC[C@@H]4[C@@](C)(O)Cn3cc(C#N)cn3)[C@H]2C[C@H]1C. The van der Waals surface area contributed by atoms with Crippen molar-refractivity contribution in [1.82, 2.24) is 9.78 Å². The second-order valence-corrected chi connectivity index (χ2v) is 12.4. The molecule has 4 fully saturated rings. The second kappa shape index (κ2) is 7.62. The van der Waals surface area contributed by atoms with Crippen molar-refractivity contribution in [3.63, 3.8) is 0 Å². The molecule has 4 saturated carbocycles. The highest BCUT2D eigenvalue weighted by Crippen LogP contribution is 2.66. The van der Waals surface area contributed by atoms with Crippen LogP contribution in [0.1, 0.15) is 84.6 Å². The first-order valence-electron chi connectivity index (χ1n) is 12.9. The minimum atomic E-state index is -0.791. The van der Waals surface area contributed by atoms with Crippen molar-refractivity contribution in [3.8, 4) is 6.07 Å². The topological polar surface area (TPSA) is 61.8 Å². The van der Waals surface area contributed by atoms with Crippen LogP contribution in [0.15, 0.2) is 12.4 Å². The van der Waals surface area contributed by atoms with Crippen LogP contribution in [-0.4, -0.2) is 20.5 Å². The van der Waals surface area contributed by atoms with Gasteiger partial charge in [0, 0.05) is 6.20 Å². The molecule has 10 atom stereocenters. The molecule has 170 valence electrons. The van der Waals surface area contributed by atoms with E-state index in [9.17, 15) is 5.11 Å². The van der Waals surface area contributed by atoms with Crippen molar-refractivity contribution in [3.05, 3.63) is 18.0 Å². The summed E-state index contributed by atoms with van der Waals surface area (Å²) in [4.78, 5) is 0. The first-order chi connectivity index (χ1) is 14.7. The lowest BCUT2D eigenvalue weighted by Gasteiger charge is -2.58. The largest absolute Gasteiger partial charge is 0.388 e. The molecule has 1 N–H and O–H groups in total. The average Bonchev–Trinajstić information content (AvgIpc) is 3.32. The smallest absolute Gasteiger partial charge is 0.102 e. The fraction of sp³-hybridized carbons (Fsp3) is 0.852. The summed E-state index contributed by atoms with van der Waals surface area (Å²) in [6.45, 7) is 9.98. The molecule has 3 unspecified atom stereocenters. The fourth-order valence-electron chi connectivity index (χ4n) is 9.23. The van der Waals surface area contributed by atoms with Gasteiger partial charge in [-0.2, -0.15) is 10.4 Å². The molecule has 4 aliphatic carbocycles. The van der Waals surface area contributed by atoms with Crippen molar-refractivity contribution in [1.29, 1.82) is 5.26 Å². The molecule has 4 heteroatoms. The van der Waals surface area contributed by atoms with Crippen LogP contribution in [0.4, 0.5) is 0 Å². The first-order valence-corrected chi connectivity index (χ1v) is 12.9. The third kappa shape index (κ3) is 3.47. The Hall–Kier alpha value is -1.34. The molecule has 1 aromatic heterocycles. The number of hydrogen-bond donors (Lipinski definition) is 1. The zero-order chi connectivity index (χ0) is 22.0. The summed E-state index contributed by atoms with van der Waals surface area (Å²) >= 11 is 0. The molecule has 0 bridgehead atoms. The maximum atomic E-state index is 11.7. The molecule has 0 aliphatic heterocycles. The van der Waals surface area contributed by atoms with Gasteiger partial charge in [-0.05, 0) is 111 Å². The van der Waals surface area contributed by atoms with Crippen LogP contribution in [0, 0.1) is 64.1 Å². The van der Waals surface area contributed by atoms with E-state index in [-0.39, 0.29) is 5.41 Å². The van der Waals surface area contributed by atoms with Gasteiger partial charge in [0.25, 0.3) is 0 Å². The van der Waals surface area contributed by atoms with Crippen molar-refractivity contribution >= 4 is 0 Å². The number of rotatable bonds is 3. The average molecular weight is 424 g/mol. The summed E-state index contributed by atoms with van der Waals surface area (Å²) in [7, 11) is 0. The number of hydrogen-bond acceptors (Lipinski definition) is 3. The van der Waals surface area contributed by atoms with Crippen molar-refractivity contribution in [2.75, 3.05) is 0 Å². The van der Waals surface area contributed by atoms with Gasteiger partial charge in [0.2, 0.25) is 0 Å². The minimum Gasteiger partial charge on any atom is -0.388 e. The first kappa shape index (κ1) is 21.5. The van der Waals surface area contributed by atoms with Crippen LogP contribution in [0.3, 0.4) is 0 Å². The summed E-state index contributed by atoms with van der Waals surface area (Å²) in [5.41, 5.74) is 0.0109. The lowest BCUT2D eigenvalue weighted by molar-refractivity contribution is -0.118. The van der Waals surface area contributed by atoms with Gasteiger partial charge in [0.1, 0.15) is 6.07 Å². The summed E-state index contributed by atoms with van der Waals surface area (Å²) in [5.74, 6) is 6.61. The van der Waals surface area contributed by atoms with E-state index < -0.39 is 5.60 Å². The van der Waals surface area contributed by atoms with E-state index in [4.69, 9.17) is 5.26 Å². The number of fused-ring (bicyclic) bond motifs is 5. The maximum Gasteiger partial charge on any atom is 0.102 e. The van der Waals surface area contributed by atoms with Gasteiger partial charge in [-0.1, -0.05) is 20.8 Å². The Labute approximate surface area is 188 Å². The Balaban J connectivity index is 1.34. The summed E-state index contributed by atoms with van der Waals surface area (Å²) in [5, 5.41) is 25.1. The highest BCUT2D eigenvalue weighted by molar-refractivity contribution is 5.21. The molecule has 0 saturated heterocycles. The quantitative estimate of drug-likeness (QED) is 0.682. The molecule has 1 heterocycles. The third-order valence-corrected chi connectivity index (χ3v) is 10.8. The van der Waals surface area contributed by atoms with E-state index in [2.05, 4.69) is 31.9 Å². The van der Waals surface area contributed by atoms with Crippen molar-refractivity contribution in [2.45, 2.75) is 91.2 Å². The summed E-state index contributed by atoms with van der Waals surface area (Å²) in [6, 6.07) is 2.15. The molecule has 1 aromatic rings. The standard InChI is InChI=1S/C27H41N3O/c1-17-11-20-5-6-22-21(23(20)12-18(17)2)9-10-26(3)24(22)7-8-25(26)27(4,31)16-30-15-19(13-28)14-29-30/h14-15,17-18,20-25,31H,5-12,16H2,1-4H3/t17-,18-,20?,21?,22-,23+,24?,25+,26+,27+/m1/s1. The lowest BCUT2D eigenvalue weighted by atomic mass is 9.48. The Bertz CT molecular complexity index is 853. The van der Waals surface area contributed by atoms with Crippen LogP contribution >= 0.6 is 0 Å². The highest BCUT2D eigenvalue weighted by Gasteiger charge is 2.60. The van der Waals surface area contributed by atoms with Crippen LogP contribution in [0.25, 0.3) is 0 Å². The predicted molar refractivity (Wildman–Crippen MR) is 122 cm³/mol. The number of aromatic nitrogens is 2. The molecule has 5 rings (SSSR count). The van der Waals surface area contributed by atoms with Crippen LogP contribution in [0.2, 0.25) is 0 Å². The lowest BCUT2D eigenvalue weighted by Crippen LogP contribution is -2.53. The van der Waals surface area contributed by atoms with E-state index in [0.717, 1.165) is 47.8 Å². The molecule has 4 nitrogen and oxygen atoms in total. The molecule has 0 aromatic carbocycles. The molecule has 0 amide bonds. The van der Waals surface area contributed by atoms with Gasteiger partial charge in [0.05, 0.1) is 23.9 Å². The van der Waals surface area contributed by atoms with E-state index in [1.165, 1.54) is 44.9 Å². The summed E-state index contributed by atoms with van der Waals surface area (Å²) in [6.07, 6.45) is 14.2. The van der Waals surface area contributed by atoms with E-state index in [0.29, 0.717) is 18.0 Å². The maximum absolute atomic E-state index is 11.7. The molecular weight excluding hydrogens is 382 g/mol. The Morgan fingerprint density at radius 3 is 2.65 bits per heavy atom. The normalized spacial score (nSPS) is 46.3. The van der Waals surface area contributed by atoms with Crippen LogP contribution < -0.4 is 0 Å². The van der Waals surface area contributed by atoms with Gasteiger partial charge in [-0.15, -0.1) is 0 Å². The zero-order valence-corrected chi connectivity index (χ0v) is 19.9. The number of nitrogens with zero attached hydrogens (tertiary/aromatic N) is 3. The van der Waals surface area contributed by atoms with Crippen molar-refractivity contribution < 1.29 is 5.11 Å². The third-order valence-electron chi connectivity index (χ3n) is 10.8. The monoisotopic (exact) mass is 423 g/mol. The zero-order valence-electron chi connectivity index (χ0n) is 19.9. The highest BCUT2D eigenvalue weighted by atomic mass is 16.3. The summed E-state index contributed by atoms with van der Waals surface area (Å²) < 4.78 is 1.77. The van der Waals surface area contributed by atoms with Gasteiger partial charge in [-0.25, -0.2) is 0 Å². The molecule has 4 aliphatic rings. The van der Waals surface area contributed by atoms with E-state index in [1.54, 1.807) is 17.1 Å². The molecular formula is C27H41N3O. The Morgan fingerprint density at radius 2 is 1.90 bits per heavy atom. The van der Waals surface area contributed by atoms with Gasteiger partial charge in [-0.3, -0.25) is 4.68 Å².